The van der Waals surface area contributed by atoms with Crippen LogP contribution >= 0.6 is 12.4 Å². The molecule has 2 rings (SSSR count). The number of ether oxygens (including phenoxy) is 1. The highest BCUT2D eigenvalue weighted by atomic mass is 35.5. The monoisotopic (exact) mass is 269 g/mol. The number of anilines is 1. The minimum Gasteiger partial charge on any atom is -0.461 e. The Morgan fingerprint density at radius 1 is 1.50 bits per heavy atom. The topological polar surface area (TPSA) is 98.1 Å². The molecule has 18 heavy (non-hydrogen) atoms. The van der Waals surface area contributed by atoms with Crippen molar-refractivity contribution in [2.45, 2.75) is 6.92 Å². The number of rotatable bonds is 2. The van der Waals surface area contributed by atoms with Crippen LogP contribution in [0.3, 0.4) is 0 Å². The number of aromatic amines is 1. The highest BCUT2D eigenvalue weighted by Gasteiger charge is 2.15. The lowest BCUT2D eigenvalue weighted by Gasteiger charge is -2.02. The molecular formula is C11H12ClN3O3. The van der Waals surface area contributed by atoms with Gasteiger partial charge in [-0.15, -0.1) is 12.4 Å². The summed E-state index contributed by atoms with van der Waals surface area (Å²) in [6.07, 6.45) is 0. The molecule has 0 aliphatic carbocycles. The van der Waals surface area contributed by atoms with E-state index in [1.807, 2.05) is 0 Å². The maximum Gasteiger partial charge on any atom is 0.362 e. The Morgan fingerprint density at radius 3 is 2.89 bits per heavy atom. The lowest BCUT2D eigenvalue weighted by molar-refractivity contribution is 0.0517. The molecule has 6 nitrogen and oxygen atoms in total. The smallest absolute Gasteiger partial charge is 0.362 e. The van der Waals surface area contributed by atoms with Gasteiger partial charge in [0.15, 0.2) is 0 Å². The van der Waals surface area contributed by atoms with Crippen molar-refractivity contribution in [3.05, 3.63) is 34.1 Å². The number of nitrogen functional groups attached to an aromatic ring is 1. The summed E-state index contributed by atoms with van der Waals surface area (Å²) in [5.74, 6) is -0.738. The number of benzene rings is 1. The van der Waals surface area contributed by atoms with Crippen LogP contribution in [0, 0.1) is 0 Å². The van der Waals surface area contributed by atoms with Gasteiger partial charge in [-0.1, -0.05) is 0 Å². The largest absolute Gasteiger partial charge is 0.461 e. The summed E-state index contributed by atoms with van der Waals surface area (Å²) < 4.78 is 4.74. The van der Waals surface area contributed by atoms with Crippen LogP contribution in [0.25, 0.3) is 10.9 Å². The van der Waals surface area contributed by atoms with Crippen molar-refractivity contribution in [2.24, 2.45) is 0 Å². The second-order valence-corrected chi connectivity index (χ2v) is 3.43. The van der Waals surface area contributed by atoms with Crippen LogP contribution in [0.4, 0.5) is 5.69 Å². The number of fused-ring (bicyclic) bond motifs is 1. The van der Waals surface area contributed by atoms with Crippen LogP contribution in [0.2, 0.25) is 0 Å². The molecule has 2 aromatic rings. The highest BCUT2D eigenvalue weighted by molar-refractivity contribution is 5.92. The lowest BCUT2D eigenvalue weighted by Crippen LogP contribution is -2.21. The molecule has 7 heteroatoms. The van der Waals surface area contributed by atoms with Crippen LogP contribution in [-0.4, -0.2) is 22.8 Å². The SMILES string of the molecule is CCOC(=O)c1n[nH]c2ccc(N)cc2c1=O.Cl. The first kappa shape index (κ1) is 14.0. The van der Waals surface area contributed by atoms with Gasteiger partial charge in [0, 0.05) is 5.69 Å². The third-order valence-electron chi connectivity index (χ3n) is 2.26. The zero-order chi connectivity index (χ0) is 12.4. The fourth-order valence-corrected chi connectivity index (χ4v) is 1.48. The Labute approximate surface area is 109 Å². The minimum atomic E-state index is -0.738. The zero-order valence-corrected chi connectivity index (χ0v) is 10.4. The molecule has 1 heterocycles. The Bertz CT molecular complexity index is 639. The Balaban J connectivity index is 0.00000162. The summed E-state index contributed by atoms with van der Waals surface area (Å²) in [7, 11) is 0. The second kappa shape index (κ2) is 5.50. The van der Waals surface area contributed by atoms with Gasteiger partial charge < -0.3 is 10.5 Å². The molecule has 0 radical (unpaired) electrons. The first-order valence-electron chi connectivity index (χ1n) is 5.08. The number of aromatic nitrogens is 2. The molecule has 0 aliphatic heterocycles. The molecule has 0 amide bonds. The molecule has 0 saturated heterocycles. The molecule has 96 valence electrons. The molecule has 0 unspecified atom stereocenters. The number of carbonyl (C=O) groups is 1. The van der Waals surface area contributed by atoms with Gasteiger partial charge in [0.05, 0.1) is 17.5 Å². The maximum atomic E-state index is 12.0. The van der Waals surface area contributed by atoms with E-state index >= 15 is 0 Å². The molecule has 0 bridgehead atoms. The van der Waals surface area contributed by atoms with Crippen LogP contribution < -0.4 is 11.2 Å². The first-order valence-corrected chi connectivity index (χ1v) is 5.08. The number of hydrogen-bond donors (Lipinski definition) is 2. The Hall–Kier alpha value is -2.08. The summed E-state index contributed by atoms with van der Waals surface area (Å²) in [6.45, 7) is 1.85. The predicted molar refractivity (Wildman–Crippen MR) is 70.0 cm³/mol. The van der Waals surface area contributed by atoms with Crippen molar-refractivity contribution in [3.63, 3.8) is 0 Å². The molecule has 1 aromatic heterocycles. The molecule has 0 aliphatic rings. The summed E-state index contributed by atoms with van der Waals surface area (Å²) in [6, 6.07) is 4.77. The predicted octanol–water partition coefficient (Wildman–Crippen LogP) is 1.10. The number of hydrogen-bond acceptors (Lipinski definition) is 5. The lowest BCUT2D eigenvalue weighted by atomic mass is 10.2. The third-order valence-corrected chi connectivity index (χ3v) is 2.26. The molecule has 0 fully saturated rings. The van der Waals surface area contributed by atoms with Crippen molar-refractivity contribution in [2.75, 3.05) is 12.3 Å². The normalized spacial score (nSPS) is 9.83. The van der Waals surface area contributed by atoms with E-state index in [9.17, 15) is 9.59 Å². The molecule has 1 aromatic carbocycles. The minimum absolute atomic E-state index is 0. The molecular weight excluding hydrogens is 258 g/mol. The van der Waals surface area contributed by atoms with Gasteiger partial charge in [-0.05, 0) is 25.1 Å². The maximum absolute atomic E-state index is 12.0. The third kappa shape index (κ3) is 2.43. The van der Waals surface area contributed by atoms with E-state index in [0.29, 0.717) is 16.6 Å². The van der Waals surface area contributed by atoms with Gasteiger partial charge >= 0.3 is 5.97 Å². The summed E-state index contributed by atoms with van der Waals surface area (Å²) >= 11 is 0. The number of H-pyrrole nitrogens is 1. The van der Waals surface area contributed by atoms with E-state index in [4.69, 9.17) is 10.5 Å². The molecule has 3 N–H and O–H groups in total. The average molecular weight is 270 g/mol. The van der Waals surface area contributed by atoms with Gasteiger partial charge in [-0.2, -0.15) is 5.10 Å². The molecule has 0 saturated carbocycles. The van der Waals surface area contributed by atoms with Crippen LogP contribution in [0.1, 0.15) is 17.4 Å². The number of halogens is 1. The van der Waals surface area contributed by atoms with Gasteiger partial charge in [0.25, 0.3) is 0 Å². The second-order valence-electron chi connectivity index (χ2n) is 3.43. The van der Waals surface area contributed by atoms with Crippen molar-refractivity contribution in [3.8, 4) is 0 Å². The number of nitrogens with zero attached hydrogens (tertiary/aromatic N) is 1. The van der Waals surface area contributed by atoms with E-state index < -0.39 is 11.4 Å². The van der Waals surface area contributed by atoms with Gasteiger partial charge in [0.1, 0.15) is 0 Å². The van der Waals surface area contributed by atoms with Crippen LogP contribution in [-0.2, 0) is 4.74 Å². The van der Waals surface area contributed by atoms with Gasteiger partial charge in [0.2, 0.25) is 11.1 Å². The van der Waals surface area contributed by atoms with Crippen molar-refractivity contribution in [1.82, 2.24) is 10.2 Å². The van der Waals surface area contributed by atoms with Gasteiger partial charge in [-0.3, -0.25) is 9.89 Å². The number of nitrogens with one attached hydrogen (secondary N) is 1. The van der Waals surface area contributed by atoms with E-state index in [2.05, 4.69) is 10.2 Å². The molecule has 0 atom stereocenters. The number of nitrogens with two attached hydrogens (primary N) is 1. The highest BCUT2D eigenvalue weighted by Crippen LogP contribution is 2.11. The first-order chi connectivity index (χ1) is 8.13. The molecule has 0 spiro atoms. The number of carbonyl (C=O) groups excluding carboxylic acids is 1. The summed E-state index contributed by atoms with van der Waals surface area (Å²) in [4.78, 5) is 23.4. The Morgan fingerprint density at radius 2 is 2.22 bits per heavy atom. The average Bonchev–Trinajstić information content (AvgIpc) is 2.30. The van der Waals surface area contributed by atoms with Crippen molar-refractivity contribution in [1.29, 1.82) is 0 Å². The Kier molecular flexibility index (Phi) is 4.28. The van der Waals surface area contributed by atoms with E-state index in [1.165, 1.54) is 6.07 Å². The van der Waals surface area contributed by atoms with Crippen LogP contribution in [0.5, 0.6) is 0 Å². The van der Waals surface area contributed by atoms with E-state index in [0.717, 1.165) is 0 Å². The summed E-state index contributed by atoms with van der Waals surface area (Å²) in [5, 5.41) is 6.64. The van der Waals surface area contributed by atoms with E-state index in [1.54, 1.807) is 19.1 Å². The van der Waals surface area contributed by atoms with E-state index in [-0.39, 0.29) is 24.7 Å². The van der Waals surface area contributed by atoms with Gasteiger partial charge in [-0.25, -0.2) is 4.79 Å². The van der Waals surface area contributed by atoms with Crippen molar-refractivity contribution < 1.29 is 9.53 Å². The summed E-state index contributed by atoms with van der Waals surface area (Å²) in [5.41, 5.74) is 5.82. The fourth-order valence-electron chi connectivity index (χ4n) is 1.48. The number of esters is 1. The fraction of sp³-hybridized carbons (Fsp3) is 0.182. The quantitative estimate of drug-likeness (QED) is 0.628. The van der Waals surface area contributed by atoms with Crippen LogP contribution in [0.15, 0.2) is 23.0 Å². The standard InChI is InChI=1S/C11H11N3O3.ClH/c1-2-17-11(16)9-10(15)7-5-6(12)3-4-8(7)13-14-9;/h3-5H,2,12H2,1H3,(H,13,15);1H. The van der Waals surface area contributed by atoms with Crippen molar-refractivity contribution >= 4 is 35.0 Å². The zero-order valence-electron chi connectivity index (χ0n) is 9.60.